The van der Waals surface area contributed by atoms with Gasteiger partial charge in [-0.2, -0.15) is 5.10 Å². The van der Waals surface area contributed by atoms with E-state index in [0.29, 0.717) is 17.1 Å². The van der Waals surface area contributed by atoms with Crippen molar-refractivity contribution in [2.75, 3.05) is 11.1 Å². The van der Waals surface area contributed by atoms with Crippen LogP contribution in [-0.4, -0.2) is 33.0 Å². The number of alkyl halides is 2. The van der Waals surface area contributed by atoms with Gasteiger partial charge in [-0.3, -0.25) is 0 Å². The molecule has 1 aromatic heterocycles. The lowest BCUT2D eigenvalue weighted by atomic mass is 10.1. The predicted octanol–water partition coefficient (Wildman–Crippen LogP) is 3.43. The molecule has 1 aliphatic rings. The van der Waals surface area contributed by atoms with E-state index < -0.39 is 24.0 Å². The Hall–Kier alpha value is -2.23. The van der Waals surface area contributed by atoms with Crippen molar-refractivity contribution in [2.45, 2.75) is 36.7 Å². The van der Waals surface area contributed by atoms with E-state index in [1.807, 2.05) is 0 Å². The average molecular weight is 371 g/mol. The van der Waals surface area contributed by atoms with Gasteiger partial charge in [-0.1, -0.05) is 0 Å². The number of anilines is 1. The number of carbonyl (C=O) groups excluding carboxylic acids is 1. The van der Waals surface area contributed by atoms with Crippen LogP contribution >= 0.6 is 11.8 Å². The first-order chi connectivity index (χ1) is 12.0. The van der Waals surface area contributed by atoms with Crippen molar-refractivity contribution in [3.63, 3.8) is 0 Å². The molecule has 2 heterocycles. The number of aromatic nitrogens is 3. The molecule has 1 aromatic carbocycles. The van der Waals surface area contributed by atoms with Crippen LogP contribution in [0, 0.1) is 5.82 Å². The molecule has 0 fully saturated rings. The van der Waals surface area contributed by atoms with E-state index in [2.05, 4.69) is 20.7 Å². The molecule has 3 rings (SSSR count). The van der Waals surface area contributed by atoms with Gasteiger partial charge in [-0.15, -0.1) is 11.8 Å². The van der Waals surface area contributed by atoms with Gasteiger partial charge < -0.3 is 10.6 Å². The average Bonchev–Trinajstić information content (AvgIpc) is 3.03. The van der Waals surface area contributed by atoms with Crippen molar-refractivity contribution >= 4 is 23.5 Å². The number of hydrogen-bond acceptors (Lipinski definition) is 4. The summed E-state index contributed by atoms with van der Waals surface area (Å²) >= 11 is 0.856. The molecule has 0 spiro atoms. The third-order valence-corrected chi connectivity index (χ3v) is 4.77. The van der Waals surface area contributed by atoms with E-state index in [1.54, 1.807) is 4.68 Å². The highest BCUT2D eigenvalue weighted by atomic mass is 32.2. The Bertz CT molecular complexity index is 755. The lowest BCUT2D eigenvalue weighted by molar-refractivity contribution is 0.177. The third kappa shape index (κ3) is 4.44. The van der Waals surface area contributed by atoms with Gasteiger partial charge in [0.25, 0.3) is 0 Å². The first-order valence-corrected chi connectivity index (χ1v) is 8.67. The highest BCUT2D eigenvalue weighted by Crippen LogP contribution is 2.29. The minimum Gasteiger partial charge on any atom is -0.328 e. The Morgan fingerprint density at radius 2 is 2.28 bits per heavy atom. The molecule has 0 saturated heterocycles. The molecular formula is C15H16F3N5OS. The number of halogens is 3. The molecule has 2 amide bonds. The van der Waals surface area contributed by atoms with Crippen LogP contribution in [0.1, 0.15) is 24.7 Å². The number of nitrogens with one attached hydrogen (secondary N) is 2. The van der Waals surface area contributed by atoms with Crippen molar-refractivity contribution in [2.24, 2.45) is 0 Å². The van der Waals surface area contributed by atoms with Gasteiger partial charge in [0.2, 0.25) is 6.43 Å². The van der Waals surface area contributed by atoms with Crippen LogP contribution in [0.4, 0.5) is 23.7 Å². The molecule has 134 valence electrons. The van der Waals surface area contributed by atoms with E-state index in [0.717, 1.165) is 30.8 Å². The number of carbonyl (C=O) groups is 1. The molecule has 0 aliphatic carbocycles. The number of amides is 2. The number of hydrogen-bond donors (Lipinski definition) is 2. The summed E-state index contributed by atoms with van der Waals surface area (Å²) in [5, 5.41) is 9.37. The number of aryl methyl sites for hydroxylation is 1. The lowest BCUT2D eigenvalue weighted by Gasteiger charge is -2.23. The molecule has 6 nitrogen and oxygen atoms in total. The molecule has 2 N–H and O–H groups in total. The lowest BCUT2D eigenvalue weighted by Crippen LogP contribution is -2.36. The van der Waals surface area contributed by atoms with Gasteiger partial charge >= 0.3 is 6.03 Å². The standard InChI is InChI=1S/C15H16F3N5OS/c16-9-3-4-12(25-7-13(17)18)11(6-9)22-15(24)21-10-2-1-5-23-14(10)19-8-20-23/h3-4,6,8,10,13H,1-2,5,7H2,(H2,21,22,24). The fourth-order valence-electron chi connectivity index (χ4n) is 2.62. The zero-order valence-corrected chi connectivity index (χ0v) is 13.9. The molecule has 25 heavy (non-hydrogen) atoms. The zero-order valence-electron chi connectivity index (χ0n) is 13.1. The second kappa shape index (κ2) is 7.77. The highest BCUT2D eigenvalue weighted by Gasteiger charge is 2.24. The Morgan fingerprint density at radius 3 is 3.08 bits per heavy atom. The Kier molecular flexibility index (Phi) is 5.47. The molecule has 1 aliphatic heterocycles. The molecular weight excluding hydrogens is 355 g/mol. The number of thioether (sulfide) groups is 1. The quantitative estimate of drug-likeness (QED) is 0.790. The minimum absolute atomic E-state index is 0.153. The topological polar surface area (TPSA) is 71.8 Å². The van der Waals surface area contributed by atoms with Crippen LogP contribution in [0.2, 0.25) is 0 Å². The van der Waals surface area contributed by atoms with Gasteiger partial charge in [0, 0.05) is 11.4 Å². The number of rotatable bonds is 5. The fraction of sp³-hybridized carbons (Fsp3) is 0.400. The smallest absolute Gasteiger partial charge is 0.319 e. The van der Waals surface area contributed by atoms with Crippen molar-refractivity contribution in [1.29, 1.82) is 0 Å². The van der Waals surface area contributed by atoms with Crippen molar-refractivity contribution in [1.82, 2.24) is 20.1 Å². The Balaban J connectivity index is 1.68. The predicted molar refractivity (Wildman–Crippen MR) is 87.3 cm³/mol. The van der Waals surface area contributed by atoms with E-state index in [-0.39, 0.29) is 11.7 Å². The summed E-state index contributed by atoms with van der Waals surface area (Å²) in [7, 11) is 0. The van der Waals surface area contributed by atoms with Crippen LogP contribution in [0.25, 0.3) is 0 Å². The van der Waals surface area contributed by atoms with E-state index in [9.17, 15) is 18.0 Å². The maximum absolute atomic E-state index is 13.5. The highest BCUT2D eigenvalue weighted by molar-refractivity contribution is 7.99. The van der Waals surface area contributed by atoms with Crippen molar-refractivity contribution in [3.05, 3.63) is 36.2 Å². The van der Waals surface area contributed by atoms with Crippen molar-refractivity contribution in [3.8, 4) is 0 Å². The first-order valence-electron chi connectivity index (χ1n) is 7.68. The summed E-state index contributed by atoms with van der Waals surface area (Å²) in [5.41, 5.74) is 0.153. The van der Waals surface area contributed by atoms with Crippen LogP contribution < -0.4 is 10.6 Å². The summed E-state index contributed by atoms with van der Waals surface area (Å²) in [6, 6.07) is 2.79. The van der Waals surface area contributed by atoms with Gasteiger partial charge in [-0.25, -0.2) is 27.6 Å². The van der Waals surface area contributed by atoms with Crippen LogP contribution in [0.5, 0.6) is 0 Å². The van der Waals surface area contributed by atoms with E-state index in [4.69, 9.17) is 0 Å². The van der Waals surface area contributed by atoms with E-state index in [1.165, 1.54) is 18.5 Å². The number of urea groups is 1. The summed E-state index contributed by atoms with van der Waals surface area (Å²) < 4.78 is 40.0. The maximum atomic E-state index is 13.5. The fourth-order valence-corrected chi connectivity index (χ4v) is 3.36. The molecule has 2 aromatic rings. The maximum Gasteiger partial charge on any atom is 0.319 e. The van der Waals surface area contributed by atoms with Gasteiger partial charge in [-0.05, 0) is 31.0 Å². The monoisotopic (exact) mass is 371 g/mol. The Labute approximate surface area is 146 Å². The van der Waals surface area contributed by atoms with Crippen molar-refractivity contribution < 1.29 is 18.0 Å². The molecule has 10 heteroatoms. The van der Waals surface area contributed by atoms with Crippen LogP contribution in [0.3, 0.4) is 0 Å². The molecule has 0 saturated carbocycles. The molecule has 0 bridgehead atoms. The van der Waals surface area contributed by atoms with Crippen LogP contribution in [-0.2, 0) is 6.54 Å². The van der Waals surface area contributed by atoms with Gasteiger partial charge in [0.05, 0.1) is 17.5 Å². The second-order valence-electron chi connectivity index (χ2n) is 5.48. The van der Waals surface area contributed by atoms with E-state index >= 15 is 0 Å². The Morgan fingerprint density at radius 1 is 1.44 bits per heavy atom. The second-order valence-corrected chi connectivity index (χ2v) is 6.54. The normalized spacial score (nSPS) is 16.6. The SMILES string of the molecule is O=C(Nc1cc(F)ccc1SCC(F)F)NC1CCCn2ncnc21. The van der Waals surface area contributed by atoms with Crippen LogP contribution in [0.15, 0.2) is 29.4 Å². The largest absolute Gasteiger partial charge is 0.328 e. The first kappa shape index (κ1) is 17.6. The number of benzene rings is 1. The third-order valence-electron chi connectivity index (χ3n) is 3.68. The summed E-state index contributed by atoms with van der Waals surface area (Å²) in [6.07, 6.45) is 0.489. The van der Waals surface area contributed by atoms with Gasteiger partial charge in [0.1, 0.15) is 18.0 Å². The molecule has 0 radical (unpaired) electrons. The zero-order chi connectivity index (χ0) is 17.8. The summed E-state index contributed by atoms with van der Waals surface area (Å²) in [4.78, 5) is 16.8. The number of nitrogens with zero attached hydrogens (tertiary/aromatic N) is 3. The summed E-state index contributed by atoms with van der Waals surface area (Å²) in [6.45, 7) is 0.743. The molecule has 1 unspecified atom stereocenters. The summed E-state index contributed by atoms with van der Waals surface area (Å²) in [5.74, 6) is -0.338. The minimum atomic E-state index is -2.50. The van der Waals surface area contributed by atoms with Gasteiger partial charge in [0.15, 0.2) is 0 Å². The number of fused-ring (bicyclic) bond motifs is 1. The molecule has 1 atom stereocenters.